The van der Waals surface area contributed by atoms with Crippen LogP contribution in [0.4, 0.5) is 5.69 Å². The summed E-state index contributed by atoms with van der Waals surface area (Å²) in [5, 5.41) is 5.86. The van der Waals surface area contributed by atoms with Gasteiger partial charge in [0.2, 0.25) is 5.91 Å². The van der Waals surface area contributed by atoms with Crippen LogP contribution in [0.1, 0.15) is 20.8 Å². The Hall–Kier alpha value is -2.08. The Morgan fingerprint density at radius 3 is 2.30 bits per heavy atom. The summed E-state index contributed by atoms with van der Waals surface area (Å²) in [5.74, 6) is -0.129. The van der Waals surface area contributed by atoms with Gasteiger partial charge in [0.15, 0.2) is 6.61 Å². The summed E-state index contributed by atoms with van der Waals surface area (Å²) in [6, 6.07) is 6.72. The fraction of sp³-hybridized carbons (Fsp3) is 0.429. The molecular weight excluding hydrogens is 258 g/mol. The summed E-state index contributed by atoms with van der Waals surface area (Å²) >= 11 is 0. The highest BCUT2D eigenvalue weighted by Gasteiger charge is 2.11. The number of primary amides is 1. The maximum atomic E-state index is 11.7. The largest absolute Gasteiger partial charge is 0.484 e. The zero-order valence-corrected chi connectivity index (χ0v) is 12.0. The third-order valence-electron chi connectivity index (χ3n) is 2.30. The van der Waals surface area contributed by atoms with E-state index in [1.165, 1.54) is 0 Å². The quantitative estimate of drug-likeness (QED) is 0.720. The van der Waals surface area contributed by atoms with E-state index in [0.717, 1.165) is 0 Å². The lowest BCUT2D eigenvalue weighted by atomic mass is 10.1. The summed E-state index contributed by atoms with van der Waals surface area (Å²) in [4.78, 5) is 22.3. The number of carbonyl (C=O) groups is 2. The molecule has 110 valence electrons. The Kier molecular flexibility index (Phi) is 5.52. The molecule has 0 atom stereocenters. The van der Waals surface area contributed by atoms with Crippen molar-refractivity contribution in [3.05, 3.63) is 24.3 Å². The first kappa shape index (κ1) is 16.0. The Morgan fingerprint density at radius 1 is 1.20 bits per heavy atom. The van der Waals surface area contributed by atoms with Crippen LogP contribution in [-0.2, 0) is 9.59 Å². The smallest absolute Gasteiger partial charge is 0.255 e. The highest BCUT2D eigenvalue weighted by molar-refractivity contribution is 5.92. The number of carbonyl (C=O) groups excluding carboxylic acids is 2. The highest BCUT2D eigenvalue weighted by Crippen LogP contribution is 2.15. The van der Waals surface area contributed by atoms with Crippen molar-refractivity contribution in [1.29, 1.82) is 0 Å². The Labute approximate surface area is 118 Å². The van der Waals surface area contributed by atoms with E-state index in [0.29, 0.717) is 11.4 Å². The second-order valence-electron chi connectivity index (χ2n) is 5.43. The Bertz CT molecular complexity index is 464. The molecule has 4 N–H and O–H groups in total. The van der Waals surface area contributed by atoms with Gasteiger partial charge in [0.25, 0.3) is 5.91 Å². The van der Waals surface area contributed by atoms with Crippen LogP contribution in [0.3, 0.4) is 0 Å². The second-order valence-corrected chi connectivity index (χ2v) is 5.43. The molecule has 0 aliphatic rings. The monoisotopic (exact) mass is 279 g/mol. The molecular formula is C14H21N3O3. The van der Waals surface area contributed by atoms with Gasteiger partial charge in [0, 0.05) is 11.2 Å². The summed E-state index contributed by atoms with van der Waals surface area (Å²) in [7, 11) is 0. The van der Waals surface area contributed by atoms with Gasteiger partial charge in [-0.15, -0.1) is 0 Å². The molecule has 0 bridgehead atoms. The minimum atomic E-state index is -0.532. The van der Waals surface area contributed by atoms with Crippen molar-refractivity contribution in [1.82, 2.24) is 5.32 Å². The number of benzene rings is 1. The number of hydrogen-bond donors (Lipinski definition) is 3. The fourth-order valence-corrected chi connectivity index (χ4v) is 1.34. The van der Waals surface area contributed by atoms with Gasteiger partial charge in [0.1, 0.15) is 5.75 Å². The van der Waals surface area contributed by atoms with Crippen molar-refractivity contribution >= 4 is 17.5 Å². The third kappa shape index (κ3) is 6.75. The van der Waals surface area contributed by atoms with Crippen LogP contribution in [-0.4, -0.2) is 30.5 Å². The van der Waals surface area contributed by atoms with Crippen molar-refractivity contribution in [2.75, 3.05) is 18.5 Å². The number of nitrogens with one attached hydrogen (secondary N) is 2. The molecule has 6 heteroatoms. The predicted molar refractivity (Wildman–Crippen MR) is 77.5 cm³/mol. The Balaban J connectivity index is 2.44. The molecule has 20 heavy (non-hydrogen) atoms. The zero-order valence-electron chi connectivity index (χ0n) is 12.0. The fourth-order valence-electron chi connectivity index (χ4n) is 1.34. The standard InChI is InChI=1S/C14H21N3O3/c1-14(2,3)16-8-13(19)17-10-4-6-11(7-5-10)20-9-12(15)18/h4-7,16H,8-9H2,1-3H3,(H2,15,18)(H,17,19). The SMILES string of the molecule is CC(C)(C)NCC(=O)Nc1ccc(OCC(N)=O)cc1. The summed E-state index contributed by atoms with van der Waals surface area (Å²) in [6.45, 7) is 6.05. The molecule has 0 aliphatic heterocycles. The number of ether oxygens (including phenoxy) is 1. The topological polar surface area (TPSA) is 93.4 Å². The van der Waals surface area contributed by atoms with Crippen molar-refractivity contribution in [3.8, 4) is 5.75 Å². The normalized spacial score (nSPS) is 10.9. The molecule has 0 heterocycles. The maximum Gasteiger partial charge on any atom is 0.255 e. The van der Waals surface area contributed by atoms with E-state index in [9.17, 15) is 9.59 Å². The van der Waals surface area contributed by atoms with E-state index < -0.39 is 5.91 Å². The van der Waals surface area contributed by atoms with E-state index in [4.69, 9.17) is 10.5 Å². The lowest BCUT2D eigenvalue weighted by molar-refractivity contribution is -0.120. The number of rotatable bonds is 6. The molecule has 0 radical (unpaired) electrons. The van der Waals surface area contributed by atoms with E-state index in [1.54, 1.807) is 24.3 Å². The van der Waals surface area contributed by atoms with Crippen LogP contribution in [0.15, 0.2) is 24.3 Å². The average Bonchev–Trinajstić information content (AvgIpc) is 2.35. The van der Waals surface area contributed by atoms with E-state index >= 15 is 0 Å². The lowest BCUT2D eigenvalue weighted by Crippen LogP contribution is -2.41. The molecule has 0 saturated carbocycles. The molecule has 1 aromatic rings. The minimum absolute atomic E-state index is 0.107. The van der Waals surface area contributed by atoms with Gasteiger partial charge in [-0.3, -0.25) is 9.59 Å². The van der Waals surface area contributed by atoms with Gasteiger partial charge >= 0.3 is 0 Å². The molecule has 0 unspecified atom stereocenters. The minimum Gasteiger partial charge on any atom is -0.484 e. The first-order valence-corrected chi connectivity index (χ1v) is 6.32. The number of hydrogen-bond acceptors (Lipinski definition) is 4. The first-order valence-electron chi connectivity index (χ1n) is 6.32. The van der Waals surface area contributed by atoms with Crippen molar-refractivity contribution in [3.63, 3.8) is 0 Å². The zero-order chi connectivity index (χ0) is 15.2. The van der Waals surface area contributed by atoms with E-state index in [-0.39, 0.29) is 24.6 Å². The first-order chi connectivity index (χ1) is 9.26. The van der Waals surface area contributed by atoms with Crippen LogP contribution in [0, 0.1) is 0 Å². The van der Waals surface area contributed by atoms with Crippen LogP contribution >= 0.6 is 0 Å². The average molecular weight is 279 g/mol. The van der Waals surface area contributed by atoms with Crippen LogP contribution in [0.5, 0.6) is 5.75 Å². The number of amides is 2. The van der Waals surface area contributed by atoms with Crippen molar-refractivity contribution in [2.24, 2.45) is 5.73 Å². The number of anilines is 1. The molecule has 1 rings (SSSR count). The molecule has 0 saturated heterocycles. The lowest BCUT2D eigenvalue weighted by Gasteiger charge is -2.20. The van der Waals surface area contributed by atoms with Gasteiger partial charge in [-0.25, -0.2) is 0 Å². The molecule has 0 fully saturated rings. The van der Waals surface area contributed by atoms with Crippen LogP contribution in [0.2, 0.25) is 0 Å². The van der Waals surface area contributed by atoms with E-state index in [1.807, 2.05) is 20.8 Å². The molecule has 0 aliphatic carbocycles. The van der Waals surface area contributed by atoms with E-state index in [2.05, 4.69) is 10.6 Å². The molecule has 1 aromatic carbocycles. The second kappa shape index (κ2) is 6.91. The molecule has 0 aromatic heterocycles. The van der Waals surface area contributed by atoms with Gasteiger partial charge in [-0.05, 0) is 45.0 Å². The predicted octanol–water partition coefficient (Wildman–Crippen LogP) is 0.877. The van der Waals surface area contributed by atoms with Gasteiger partial charge < -0.3 is 21.1 Å². The van der Waals surface area contributed by atoms with Gasteiger partial charge in [-0.1, -0.05) is 0 Å². The van der Waals surface area contributed by atoms with Crippen LogP contribution < -0.4 is 21.1 Å². The maximum absolute atomic E-state index is 11.7. The van der Waals surface area contributed by atoms with Crippen molar-refractivity contribution in [2.45, 2.75) is 26.3 Å². The molecule has 6 nitrogen and oxygen atoms in total. The van der Waals surface area contributed by atoms with Crippen molar-refractivity contribution < 1.29 is 14.3 Å². The summed E-state index contributed by atoms with van der Waals surface area (Å²) in [6.07, 6.45) is 0. The summed E-state index contributed by atoms with van der Waals surface area (Å²) in [5.41, 5.74) is 5.53. The molecule has 2 amide bonds. The van der Waals surface area contributed by atoms with Crippen LogP contribution in [0.25, 0.3) is 0 Å². The number of nitrogens with two attached hydrogens (primary N) is 1. The molecule has 0 spiro atoms. The Morgan fingerprint density at radius 2 is 1.80 bits per heavy atom. The highest BCUT2D eigenvalue weighted by atomic mass is 16.5. The third-order valence-corrected chi connectivity index (χ3v) is 2.30. The summed E-state index contributed by atoms with van der Waals surface area (Å²) < 4.78 is 5.12. The van der Waals surface area contributed by atoms with Gasteiger partial charge in [0.05, 0.1) is 6.54 Å². The van der Waals surface area contributed by atoms with Gasteiger partial charge in [-0.2, -0.15) is 0 Å².